The van der Waals surface area contributed by atoms with Crippen LogP contribution in [0.1, 0.15) is 11.5 Å². The lowest BCUT2D eigenvalue weighted by atomic mass is 10.3. The van der Waals surface area contributed by atoms with Crippen LogP contribution in [-0.4, -0.2) is 18.0 Å². The largest absolute Gasteiger partial charge is 0.458 e. The van der Waals surface area contributed by atoms with Crippen molar-refractivity contribution < 1.29 is 14.0 Å². The zero-order valence-electron chi connectivity index (χ0n) is 14.8. The average molecular weight is 495 g/mol. The number of nitrogens with one attached hydrogen (secondary N) is 2. The number of furan rings is 1. The van der Waals surface area contributed by atoms with Gasteiger partial charge in [0.2, 0.25) is 0 Å². The monoisotopic (exact) mass is 493 g/mol. The van der Waals surface area contributed by atoms with Gasteiger partial charge in [-0.25, -0.2) is 0 Å². The molecule has 2 amide bonds. The molecule has 1 aromatic heterocycles. The van der Waals surface area contributed by atoms with Gasteiger partial charge in [0.05, 0.1) is 28.5 Å². The molecule has 0 saturated heterocycles. The summed E-state index contributed by atoms with van der Waals surface area (Å²) in [6.45, 7) is 0.0539. The molecule has 2 N–H and O–H groups in total. The number of anilines is 1. The summed E-state index contributed by atoms with van der Waals surface area (Å²) in [5.74, 6) is -0.630. The Morgan fingerprint density at radius 2 is 1.86 bits per heavy atom. The summed E-state index contributed by atoms with van der Waals surface area (Å²) in [5.41, 5.74) is 1.13. The number of amides is 2. The molecule has 0 radical (unpaired) electrons. The van der Waals surface area contributed by atoms with Crippen LogP contribution in [0, 0.1) is 0 Å². The molecule has 0 aliphatic carbocycles. The second kappa shape index (κ2) is 9.73. The Bertz CT molecular complexity index is 1080. The Balaban J connectivity index is 1.52. The molecule has 0 fully saturated rings. The number of hydrogen-bond donors (Lipinski definition) is 2. The van der Waals surface area contributed by atoms with Gasteiger partial charge >= 0.3 is 11.8 Å². The van der Waals surface area contributed by atoms with Gasteiger partial charge in [0.1, 0.15) is 11.5 Å². The highest BCUT2D eigenvalue weighted by molar-refractivity contribution is 9.10. The van der Waals surface area contributed by atoms with Crippen molar-refractivity contribution in [3.63, 3.8) is 0 Å². The van der Waals surface area contributed by atoms with E-state index in [1.165, 1.54) is 12.1 Å². The molecule has 2 aromatic carbocycles. The quantitative estimate of drug-likeness (QED) is 0.370. The van der Waals surface area contributed by atoms with Crippen LogP contribution in [0.25, 0.3) is 0 Å². The molecule has 6 nitrogen and oxygen atoms in total. The van der Waals surface area contributed by atoms with Crippen molar-refractivity contribution in [2.75, 3.05) is 5.32 Å². The average Bonchev–Trinajstić information content (AvgIpc) is 3.15. The minimum atomic E-state index is -0.827. The van der Waals surface area contributed by atoms with Gasteiger partial charge in [-0.3, -0.25) is 14.6 Å². The molecule has 3 aromatic rings. The normalized spacial score (nSPS) is 10.9. The Kier molecular flexibility index (Phi) is 7.09. The number of benzene rings is 2. The van der Waals surface area contributed by atoms with E-state index >= 15 is 0 Å². The summed E-state index contributed by atoms with van der Waals surface area (Å²) >= 11 is 15.1. The van der Waals surface area contributed by atoms with Crippen LogP contribution in [0.5, 0.6) is 0 Å². The lowest BCUT2D eigenvalue weighted by Crippen LogP contribution is -2.34. The molecular weight excluding hydrogens is 481 g/mol. The fourth-order valence-corrected chi connectivity index (χ4v) is 2.95. The highest BCUT2D eigenvalue weighted by atomic mass is 79.9. The summed E-state index contributed by atoms with van der Waals surface area (Å²) in [5, 5.41) is 5.56. The SMILES string of the molecule is O=C(NCc1ccc(C=Nc2cccc(Br)c2)o1)C(=O)Nc1ccc(Cl)c(Cl)c1. The van der Waals surface area contributed by atoms with E-state index in [-0.39, 0.29) is 11.6 Å². The van der Waals surface area contributed by atoms with E-state index in [9.17, 15) is 9.59 Å². The molecular formula is C20H14BrCl2N3O3. The number of aliphatic imine (C=N–C) groups is 1. The molecule has 0 saturated carbocycles. The first kappa shape index (κ1) is 21.1. The summed E-state index contributed by atoms with van der Waals surface area (Å²) in [6.07, 6.45) is 1.57. The zero-order chi connectivity index (χ0) is 20.8. The fraction of sp³-hybridized carbons (Fsp3) is 0.0500. The number of carbonyl (C=O) groups excluding carboxylic acids is 2. The van der Waals surface area contributed by atoms with Gasteiger partial charge in [0.25, 0.3) is 0 Å². The molecule has 9 heteroatoms. The van der Waals surface area contributed by atoms with Crippen molar-refractivity contribution >= 4 is 68.5 Å². The van der Waals surface area contributed by atoms with Crippen LogP contribution in [0.3, 0.4) is 0 Å². The highest BCUT2D eigenvalue weighted by Crippen LogP contribution is 2.25. The summed E-state index contributed by atoms with van der Waals surface area (Å²) in [4.78, 5) is 28.2. The molecule has 0 spiro atoms. The number of nitrogens with zero attached hydrogens (tertiary/aromatic N) is 1. The fourth-order valence-electron chi connectivity index (χ4n) is 2.26. The first-order chi connectivity index (χ1) is 13.9. The third-order valence-electron chi connectivity index (χ3n) is 3.64. The van der Waals surface area contributed by atoms with E-state index in [1.807, 2.05) is 24.3 Å². The molecule has 148 valence electrons. The lowest BCUT2D eigenvalue weighted by Gasteiger charge is -2.06. The van der Waals surface area contributed by atoms with Crippen molar-refractivity contribution in [3.8, 4) is 0 Å². The third-order valence-corrected chi connectivity index (χ3v) is 4.87. The standard InChI is InChI=1S/C20H14BrCl2N3O3/c21-12-2-1-3-13(8-12)24-10-15-5-6-16(29-15)11-25-19(27)20(28)26-14-4-7-17(22)18(23)9-14/h1-10H,11H2,(H,25,27)(H,26,28). The smallest absolute Gasteiger partial charge is 0.313 e. The second-order valence-electron chi connectivity index (χ2n) is 5.81. The van der Waals surface area contributed by atoms with Crippen molar-refractivity contribution in [1.82, 2.24) is 5.32 Å². The number of rotatable bonds is 5. The second-order valence-corrected chi connectivity index (χ2v) is 7.54. The van der Waals surface area contributed by atoms with Crippen LogP contribution in [-0.2, 0) is 16.1 Å². The van der Waals surface area contributed by atoms with Gasteiger partial charge in [-0.2, -0.15) is 0 Å². The van der Waals surface area contributed by atoms with E-state index in [1.54, 1.807) is 24.4 Å². The summed E-state index contributed by atoms with van der Waals surface area (Å²) < 4.78 is 6.50. The maximum atomic E-state index is 12.0. The van der Waals surface area contributed by atoms with E-state index < -0.39 is 11.8 Å². The molecule has 29 heavy (non-hydrogen) atoms. The van der Waals surface area contributed by atoms with E-state index in [0.29, 0.717) is 22.2 Å². The van der Waals surface area contributed by atoms with Crippen LogP contribution in [0.2, 0.25) is 10.0 Å². The number of hydrogen-bond acceptors (Lipinski definition) is 4. The first-order valence-electron chi connectivity index (χ1n) is 8.33. The first-order valence-corrected chi connectivity index (χ1v) is 9.88. The maximum Gasteiger partial charge on any atom is 0.313 e. The lowest BCUT2D eigenvalue weighted by molar-refractivity contribution is -0.136. The molecule has 1 heterocycles. The van der Waals surface area contributed by atoms with Crippen molar-refractivity contribution in [1.29, 1.82) is 0 Å². The van der Waals surface area contributed by atoms with Gasteiger partial charge in [0.15, 0.2) is 0 Å². The molecule has 0 aliphatic heterocycles. The highest BCUT2D eigenvalue weighted by Gasteiger charge is 2.14. The molecule has 0 bridgehead atoms. The molecule has 0 unspecified atom stereocenters. The van der Waals surface area contributed by atoms with Gasteiger partial charge in [-0.15, -0.1) is 0 Å². The van der Waals surface area contributed by atoms with Gasteiger partial charge in [0, 0.05) is 10.2 Å². The van der Waals surface area contributed by atoms with Gasteiger partial charge in [-0.05, 0) is 48.5 Å². The third kappa shape index (κ3) is 6.19. The van der Waals surface area contributed by atoms with Crippen LogP contribution in [0.15, 0.2) is 68.5 Å². The van der Waals surface area contributed by atoms with Crippen LogP contribution >= 0.6 is 39.1 Å². The zero-order valence-corrected chi connectivity index (χ0v) is 17.9. The van der Waals surface area contributed by atoms with Crippen molar-refractivity contribution in [3.05, 3.63) is 80.6 Å². The van der Waals surface area contributed by atoms with Gasteiger partial charge < -0.3 is 15.1 Å². The van der Waals surface area contributed by atoms with E-state index in [4.69, 9.17) is 27.6 Å². The molecule has 3 rings (SSSR count). The summed E-state index contributed by atoms with van der Waals surface area (Å²) in [6, 6.07) is 15.5. The Hall–Kier alpha value is -2.61. The minimum Gasteiger partial charge on any atom is -0.458 e. The molecule has 0 aliphatic rings. The van der Waals surface area contributed by atoms with Crippen molar-refractivity contribution in [2.45, 2.75) is 6.54 Å². The minimum absolute atomic E-state index is 0.0539. The predicted octanol–water partition coefficient (Wildman–Crippen LogP) is 5.35. The van der Waals surface area contributed by atoms with Crippen LogP contribution < -0.4 is 10.6 Å². The van der Waals surface area contributed by atoms with E-state index in [2.05, 4.69) is 31.6 Å². The Labute approximate surface area is 185 Å². The van der Waals surface area contributed by atoms with Crippen molar-refractivity contribution in [2.24, 2.45) is 4.99 Å². The molecule has 0 atom stereocenters. The topological polar surface area (TPSA) is 83.7 Å². The number of halogens is 3. The van der Waals surface area contributed by atoms with E-state index in [0.717, 1.165) is 10.2 Å². The summed E-state index contributed by atoms with van der Waals surface area (Å²) in [7, 11) is 0. The van der Waals surface area contributed by atoms with Crippen LogP contribution in [0.4, 0.5) is 11.4 Å². The maximum absolute atomic E-state index is 12.0. The Morgan fingerprint density at radius 3 is 2.62 bits per heavy atom. The number of carbonyl (C=O) groups is 2. The van der Waals surface area contributed by atoms with Gasteiger partial charge in [-0.1, -0.05) is 45.2 Å². The predicted molar refractivity (Wildman–Crippen MR) is 117 cm³/mol. The Morgan fingerprint density at radius 1 is 1.03 bits per heavy atom.